The van der Waals surface area contributed by atoms with Gasteiger partial charge in [0.05, 0.1) is 43.0 Å². The van der Waals surface area contributed by atoms with Gasteiger partial charge in [0.1, 0.15) is 36.3 Å². The van der Waals surface area contributed by atoms with Crippen molar-refractivity contribution >= 4 is 18.2 Å². The number of methoxy groups -OCH3 is 1. The Balaban J connectivity index is 1.92. The third kappa shape index (κ3) is 12.3. The summed E-state index contributed by atoms with van der Waals surface area (Å²) in [5.74, 6) is -2.14. The Hall–Kier alpha value is -2.31. The lowest BCUT2D eigenvalue weighted by molar-refractivity contribution is -0.344. The second-order valence-electron chi connectivity index (χ2n) is 15.1. The quantitative estimate of drug-likeness (QED) is 0.186. The van der Waals surface area contributed by atoms with E-state index in [0.29, 0.717) is 12.7 Å². The predicted octanol–water partition coefficient (Wildman–Crippen LogP) is 1.81. The van der Waals surface area contributed by atoms with Crippen molar-refractivity contribution in [3.8, 4) is 0 Å². The lowest BCUT2D eigenvalue weighted by Crippen LogP contribution is -2.66. The van der Waals surface area contributed by atoms with Crippen LogP contribution >= 0.6 is 0 Å². The van der Waals surface area contributed by atoms with Crippen molar-refractivity contribution in [1.29, 1.82) is 0 Å². The molecule has 0 spiro atoms. The van der Waals surface area contributed by atoms with Crippen molar-refractivity contribution in [2.24, 2.45) is 11.8 Å². The third-order valence-corrected chi connectivity index (χ3v) is 10.3. The number of aliphatic hydroxyl groups is 4. The average molecular weight is 758 g/mol. The van der Waals surface area contributed by atoms with Crippen LogP contribution in [0.2, 0.25) is 0 Å². The molecule has 0 aromatic carbocycles. The summed E-state index contributed by atoms with van der Waals surface area (Å²) in [5.41, 5.74) is -1.47. The van der Waals surface area contributed by atoms with Gasteiger partial charge in [0.2, 0.25) is 0 Å². The van der Waals surface area contributed by atoms with Gasteiger partial charge in [-0.1, -0.05) is 38.2 Å². The SMILES string of the molecule is CCC(=O)O[C@H]1[C@H](C)O[C@@H](O[C@H]2[C@@H](N(C)C)[C@@H](O)[C@H](O[C@H]3[C@@H](CC=O)C[C@@H](C)[C@@H](O)/C=C/C=C/C[C@@H](C)OC(=O)C[C@@H](O)[C@@H]3OC)O[C@H]2C)C[C@@]1(C)O. The van der Waals surface area contributed by atoms with E-state index in [1.54, 1.807) is 71.8 Å². The molecular weight excluding hydrogens is 694 g/mol. The Bertz CT molecular complexity index is 1230. The zero-order valence-electron chi connectivity index (χ0n) is 32.6. The number of hydrogen-bond donors (Lipinski definition) is 4. The molecule has 15 nitrogen and oxygen atoms in total. The maximum Gasteiger partial charge on any atom is 0.308 e. The van der Waals surface area contributed by atoms with Gasteiger partial charge in [0.25, 0.3) is 0 Å². The van der Waals surface area contributed by atoms with E-state index in [1.165, 1.54) is 7.11 Å². The summed E-state index contributed by atoms with van der Waals surface area (Å²) < 4.78 is 42.1. The molecule has 0 saturated carbocycles. The fraction of sp³-hybridized carbons (Fsp3) is 0.816. The zero-order valence-corrected chi connectivity index (χ0v) is 32.6. The first-order valence-corrected chi connectivity index (χ1v) is 18.7. The second-order valence-corrected chi connectivity index (χ2v) is 15.1. The van der Waals surface area contributed by atoms with Crippen molar-refractivity contribution in [2.45, 2.75) is 165 Å². The van der Waals surface area contributed by atoms with Crippen LogP contribution in [0.3, 0.4) is 0 Å². The van der Waals surface area contributed by atoms with E-state index in [0.717, 1.165) is 0 Å². The summed E-state index contributed by atoms with van der Waals surface area (Å²) in [4.78, 5) is 38.8. The van der Waals surface area contributed by atoms with Gasteiger partial charge in [-0.3, -0.25) is 9.59 Å². The molecule has 0 aliphatic carbocycles. The van der Waals surface area contributed by atoms with Crippen molar-refractivity contribution in [2.75, 3.05) is 21.2 Å². The van der Waals surface area contributed by atoms with Gasteiger partial charge in [-0.2, -0.15) is 0 Å². The molecule has 304 valence electrons. The Morgan fingerprint density at radius 1 is 1.04 bits per heavy atom. The molecule has 0 radical (unpaired) electrons. The number of rotatable bonds is 10. The standard InChI is InChI=1S/C38H63NO14/c1-10-28(43)51-36-24(5)49-30(20-38(36,6)46)52-33-23(4)50-37(32(45)31(33)39(7)8)53-34-25(16-17-40)18-21(2)26(41)15-13-11-12-14-22(3)48-29(44)19-27(42)35(34)47-9/h11-13,15,17,21-27,30-37,41-42,45-46H,10,14,16,18-20H2,1-9H3/b12-11+,15-13+/t21-,22-,23+,24+,25+,26+,27-,30+,31+,32-,33-,34+,35+,36+,37+,38-/m1/s1. The van der Waals surface area contributed by atoms with Crippen LogP contribution in [0.1, 0.15) is 80.1 Å². The maximum atomic E-state index is 12.9. The number of nitrogens with zero attached hydrogens (tertiary/aromatic N) is 1. The highest BCUT2D eigenvalue weighted by atomic mass is 16.7. The maximum absolute atomic E-state index is 12.9. The van der Waals surface area contributed by atoms with Gasteiger partial charge < -0.3 is 63.3 Å². The minimum absolute atomic E-state index is 0.0298. The monoisotopic (exact) mass is 757 g/mol. The fourth-order valence-corrected chi connectivity index (χ4v) is 7.48. The molecule has 3 heterocycles. The van der Waals surface area contributed by atoms with Gasteiger partial charge in [-0.05, 0) is 60.0 Å². The summed E-state index contributed by atoms with van der Waals surface area (Å²) in [5, 5.41) is 45.5. The molecule has 3 aliphatic heterocycles. The van der Waals surface area contributed by atoms with Crippen molar-refractivity contribution < 1.29 is 68.0 Å². The number of ether oxygens (including phenoxy) is 7. The largest absolute Gasteiger partial charge is 0.462 e. The summed E-state index contributed by atoms with van der Waals surface area (Å²) in [6.07, 6.45) is -3.93. The number of likely N-dealkylation sites (N-methyl/N-ethyl adjacent to an activating group) is 1. The minimum atomic E-state index is -1.47. The fourth-order valence-electron chi connectivity index (χ4n) is 7.48. The van der Waals surface area contributed by atoms with Gasteiger partial charge >= 0.3 is 11.9 Å². The van der Waals surface area contributed by atoms with Crippen LogP contribution in [-0.4, -0.2) is 150 Å². The van der Waals surface area contributed by atoms with Crippen LogP contribution in [-0.2, 0) is 47.5 Å². The summed E-state index contributed by atoms with van der Waals surface area (Å²) in [6.45, 7) is 10.2. The minimum Gasteiger partial charge on any atom is -0.462 e. The highest BCUT2D eigenvalue weighted by molar-refractivity contribution is 5.70. The van der Waals surface area contributed by atoms with E-state index in [4.69, 9.17) is 33.2 Å². The van der Waals surface area contributed by atoms with E-state index in [9.17, 15) is 34.8 Å². The lowest BCUT2D eigenvalue weighted by atomic mass is 9.82. The Labute approximate surface area is 313 Å². The number of allylic oxidation sites excluding steroid dienone is 2. The Morgan fingerprint density at radius 2 is 1.74 bits per heavy atom. The van der Waals surface area contributed by atoms with Crippen molar-refractivity contribution in [3.05, 3.63) is 24.3 Å². The lowest BCUT2D eigenvalue weighted by Gasteiger charge is -2.50. The molecule has 2 saturated heterocycles. The molecule has 15 heteroatoms. The van der Waals surface area contributed by atoms with Crippen LogP contribution in [0.4, 0.5) is 0 Å². The third-order valence-electron chi connectivity index (χ3n) is 10.3. The number of carbonyl (C=O) groups excluding carboxylic acids is 3. The Kier molecular flexibility index (Phi) is 17.5. The summed E-state index contributed by atoms with van der Waals surface area (Å²) in [6, 6.07) is -0.750. The van der Waals surface area contributed by atoms with Crippen LogP contribution in [0.25, 0.3) is 0 Å². The molecule has 3 aliphatic rings. The van der Waals surface area contributed by atoms with Crippen molar-refractivity contribution in [1.82, 2.24) is 4.90 Å². The van der Waals surface area contributed by atoms with Crippen molar-refractivity contribution in [3.63, 3.8) is 0 Å². The smallest absolute Gasteiger partial charge is 0.308 e. The molecule has 4 N–H and O–H groups in total. The topological polar surface area (TPSA) is 200 Å². The number of carbonyl (C=O) groups is 3. The van der Waals surface area contributed by atoms with E-state index >= 15 is 0 Å². The molecule has 0 bridgehead atoms. The van der Waals surface area contributed by atoms with Crippen LogP contribution in [0, 0.1) is 11.8 Å². The van der Waals surface area contributed by atoms with Gasteiger partial charge in [-0.25, -0.2) is 0 Å². The molecule has 16 atom stereocenters. The predicted molar refractivity (Wildman–Crippen MR) is 191 cm³/mol. The first-order valence-electron chi connectivity index (χ1n) is 18.7. The van der Waals surface area contributed by atoms with Gasteiger partial charge in [-0.15, -0.1) is 0 Å². The first-order chi connectivity index (χ1) is 24.9. The molecule has 0 unspecified atom stereocenters. The highest BCUT2D eigenvalue weighted by Gasteiger charge is 2.52. The van der Waals surface area contributed by atoms with Crippen LogP contribution < -0.4 is 0 Å². The van der Waals surface area contributed by atoms with Crippen LogP contribution in [0.15, 0.2) is 24.3 Å². The number of cyclic esters (lactones) is 1. The van der Waals surface area contributed by atoms with E-state index < -0.39 is 110 Å². The molecule has 2 fully saturated rings. The van der Waals surface area contributed by atoms with Gasteiger partial charge in [0.15, 0.2) is 18.7 Å². The summed E-state index contributed by atoms with van der Waals surface area (Å²) >= 11 is 0. The molecule has 0 aromatic heterocycles. The summed E-state index contributed by atoms with van der Waals surface area (Å²) in [7, 11) is 4.85. The molecule has 0 amide bonds. The van der Waals surface area contributed by atoms with E-state index in [2.05, 4.69) is 0 Å². The van der Waals surface area contributed by atoms with Crippen LogP contribution in [0.5, 0.6) is 0 Å². The number of esters is 2. The average Bonchev–Trinajstić information content (AvgIpc) is 3.06. The Morgan fingerprint density at radius 3 is 2.34 bits per heavy atom. The highest BCUT2D eigenvalue weighted by Crippen LogP contribution is 2.37. The van der Waals surface area contributed by atoms with E-state index in [1.807, 2.05) is 13.0 Å². The zero-order chi connectivity index (χ0) is 39.6. The molecular formula is C38H63NO14. The first kappa shape index (κ1) is 45.1. The molecule has 3 rings (SSSR count). The van der Waals surface area contributed by atoms with Gasteiger partial charge in [0, 0.05) is 32.8 Å². The normalized spacial score (nSPS) is 43.4. The second kappa shape index (κ2) is 20.6. The number of hydrogen-bond acceptors (Lipinski definition) is 15. The molecule has 0 aromatic rings. The molecule has 53 heavy (non-hydrogen) atoms. The van der Waals surface area contributed by atoms with E-state index in [-0.39, 0.29) is 31.6 Å². The number of aliphatic hydroxyl groups excluding tert-OH is 3. The number of aldehydes is 1.